The number of ether oxygens (including phenoxy) is 1. The highest BCUT2D eigenvalue weighted by atomic mass is 16.5. The summed E-state index contributed by atoms with van der Waals surface area (Å²) in [5.41, 5.74) is 2.70. The van der Waals surface area contributed by atoms with E-state index >= 15 is 0 Å². The van der Waals surface area contributed by atoms with Crippen molar-refractivity contribution < 1.29 is 9.84 Å². The summed E-state index contributed by atoms with van der Waals surface area (Å²) in [4.78, 5) is 2.27. The van der Waals surface area contributed by atoms with Crippen LogP contribution in [0.4, 0.5) is 0 Å². The van der Waals surface area contributed by atoms with Gasteiger partial charge in [-0.1, -0.05) is 31.2 Å². The molecule has 0 spiro atoms. The Balaban J connectivity index is 1.98. The Bertz CT molecular complexity index is 689. The van der Waals surface area contributed by atoms with Gasteiger partial charge in [0, 0.05) is 12.6 Å². The van der Waals surface area contributed by atoms with Gasteiger partial charge in [0.2, 0.25) is 0 Å². The molecule has 4 heteroatoms. The molecule has 0 aliphatic rings. The zero-order chi connectivity index (χ0) is 18.2. The number of likely N-dealkylation sites (N-methyl/N-ethyl adjacent to an activating group) is 1. The minimum Gasteiger partial charge on any atom is -0.497 e. The van der Waals surface area contributed by atoms with Gasteiger partial charge in [-0.3, -0.25) is 4.90 Å². The predicted octanol–water partition coefficient (Wildman–Crippen LogP) is 3.55. The first kappa shape index (κ1) is 19.0. The minimum atomic E-state index is -0.564. The quantitative estimate of drug-likeness (QED) is 0.800. The van der Waals surface area contributed by atoms with Gasteiger partial charge in [0.25, 0.3) is 0 Å². The summed E-state index contributed by atoms with van der Waals surface area (Å²) in [5, 5.41) is 19.4. The molecule has 0 fully saturated rings. The van der Waals surface area contributed by atoms with Gasteiger partial charge in [-0.25, -0.2) is 0 Å². The van der Waals surface area contributed by atoms with Gasteiger partial charge in [0.1, 0.15) is 5.75 Å². The van der Waals surface area contributed by atoms with E-state index in [1.807, 2.05) is 24.3 Å². The molecule has 0 aliphatic heterocycles. The Morgan fingerprint density at radius 3 is 2.28 bits per heavy atom. The largest absolute Gasteiger partial charge is 0.497 e. The minimum absolute atomic E-state index is 0.312. The van der Waals surface area contributed by atoms with Crippen LogP contribution in [0.3, 0.4) is 0 Å². The highest BCUT2D eigenvalue weighted by Crippen LogP contribution is 2.19. The molecule has 0 radical (unpaired) electrons. The fraction of sp³-hybridized carbons (Fsp3) is 0.381. The van der Waals surface area contributed by atoms with E-state index in [0.717, 1.165) is 24.3 Å². The molecule has 0 bridgehead atoms. The predicted molar refractivity (Wildman–Crippen MR) is 99.5 cm³/mol. The van der Waals surface area contributed by atoms with Crippen LogP contribution in [-0.2, 0) is 6.42 Å². The lowest BCUT2D eigenvalue weighted by Gasteiger charge is -2.30. The highest BCUT2D eigenvalue weighted by Gasteiger charge is 2.18. The Hall–Kier alpha value is -2.35. The lowest BCUT2D eigenvalue weighted by molar-refractivity contribution is 0.0945. The van der Waals surface area contributed by atoms with Crippen LogP contribution >= 0.6 is 0 Å². The topological polar surface area (TPSA) is 56.5 Å². The lowest BCUT2D eigenvalue weighted by atomic mass is 10.0. The molecule has 25 heavy (non-hydrogen) atoms. The second kappa shape index (κ2) is 9.22. The molecule has 0 amide bonds. The summed E-state index contributed by atoms with van der Waals surface area (Å²) >= 11 is 0. The average molecular weight is 338 g/mol. The normalized spacial score (nSPS) is 13.3. The molecular formula is C21H26N2O2. The molecule has 132 valence electrons. The van der Waals surface area contributed by atoms with E-state index in [4.69, 9.17) is 10.00 Å². The van der Waals surface area contributed by atoms with Crippen LogP contribution < -0.4 is 4.74 Å². The van der Waals surface area contributed by atoms with E-state index < -0.39 is 6.10 Å². The van der Waals surface area contributed by atoms with Gasteiger partial charge < -0.3 is 9.84 Å². The van der Waals surface area contributed by atoms with E-state index in [9.17, 15) is 5.11 Å². The first-order valence-corrected chi connectivity index (χ1v) is 8.62. The van der Waals surface area contributed by atoms with Gasteiger partial charge in [0.05, 0.1) is 24.8 Å². The van der Waals surface area contributed by atoms with Gasteiger partial charge in [-0.15, -0.1) is 0 Å². The van der Waals surface area contributed by atoms with Crippen LogP contribution in [0.25, 0.3) is 0 Å². The fourth-order valence-electron chi connectivity index (χ4n) is 2.96. The molecule has 0 aliphatic carbocycles. The van der Waals surface area contributed by atoms with Gasteiger partial charge >= 0.3 is 0 Å². The maximum Gasteiger partial charge on any atom is 0.118 e. The van der Waals surface area contributed by atoms with Crippen molar-refractivity contribution in [2.75, 3.05) is 20.2 Å². The maximum absolute atomic E-state index is 10.5. The van der Waals surface area contributed by atoms with Gasteiger partial charge in [-0.05, 0) is 55.3 Å². The zero-order valence-corrected chi connectivity index (χ0v) is 15.1. The fourth-order valence-corrected chi connectivity index (χ4v) is 2.96. The second-order valence-electron chi connectivity index (χ2n) is 6.24. The second-order valence-corrected chi connectivity index (χ2v) is 6.24. The SMILES string of the molecule is CCN(CC(O)c1ccc(C#N)cc1)C(C)Cc1ccc(OC)cc1. The number of methoxy groups -OCH3 is 1. The monoisotopic (exact) mass is 338 g/mol. The lowest BCUT2D eigenvalue weighted by Crippen LogP contribution is -2.37. The molecule has 0 heterocycles. The number of nitriles is 1. The van der Waals surface area contributed by atoms with Gasteiger partial charge in [-0.2, -0.15) is 5.26 Å². The Kier molecular flexibility index (Phi) is 7.00. The van der Waals surface area contributed by atoms with Crippen LogP contribution in [-0.4, -0.2) is 36.2 Å². The van der Waals surface area contributed by atoms with Crippen molar-refractivity contribution in [3.8, 4) is 11.8 Å². The number of aliphatic hydroxyl groups is 1. The van der Waals surface area contributed by atoms with Crippen molar-refractivity contribution in [3.63, 3.8) is 0 Å². The molecule has 1 N–H and O–H groups in total. The van der Waals surface area contributed by atoms with Crippen molar-refractivity contribution >= 4 is 0 Å². The van der Waals surface area contributed by atoms with Crippen LogP contribution in [0.2, 0.25) is 0 Å². The number of nitrogens with zero attached hydrogens (tertiary/aromatic N) is 2. The molecule has 0 saturated carbocycles. The van der Waals surface area contributed by atoms with Crippen molar-refractivity contribution in [2.24, 2.45) is 0 Å². The number of aliphatic hydroxyl groups excluding tert-OH is 1. The number of benzene rings is 2. The van der Waals surface area contributed by atoms with Crippen molar-refractivity contribution in [1.29, 1.82) is 5.26 Å². The van der Waals surface area contributed by atoms with Crippen molar-refractivity contribution in [1.82, 2.24) is 4.90 Å². The standard InChI is InChI=1S/C21H26N2O2/c1-4-23(15-21(24)19-9-5-18(14-22)6-10-19)16(2)13-17-7-11-20(25-3)12-8-17/h5-12,16,21,24H,4,13,15H2,1-3H3. The summed E-state index contributed by atoms with van der Waals surface area (Å²) in [7, 11) is 1.67. The molecule has 2 aromatic carbocycles. The maximum atomic E-state index is 10.5. The van der Waals surface area contributed by atoms with Crippen LogP contribution in [0, 0.1) is 11.3 Å². The van der Waals surface area contributed by atoms with Crippen molar-refractivity contribution in [2.45, 2.75) is 32.4 Å². The molecule has 2 aromatic rings. The van der Waals surface area contributed by atoms with Crippen LogP contribution in [0.15, 0.2) is 48.5 Å². The van der Waals surface area contributed by atoms with Crippen LogP contribution in [0.5, 0.6) is 5.75 Å². The molecule has 2 unspecified atom stereocenters. The Morgan fingerprint density at radius 2 is 1.76 bits per heavy atom. The molecule has 0 saturated heterocycles. The number of rotatable bonds is 8. The summed E-state index contributed by atoms with van der Waals surface area (Å²) in [6, 6.07) is 17.7. The molecular weight excluding hydrogens is 312 g/mol. The third-order valence-electron chi connectivity index (χ3n) is 4.55. The smallest absolute Gasteiger partial charge is 0.118 e. The Labute approximate surface area is 150 Å². The molecule has 4 nitrogen and oxygen atoms in total. The van der Waals surface area contributed by atoms with E-state index in [1.54, 1.807) is 19.2 Å². The third-order valence-corrected chi connectivity index (χ3v) is 4.55. The Morgan fingerprint density at radius 1 is 1.12 bits per heavy atom. The summed E-state index contributed by atoms with van der Waals surface area (Å²) in [6.45, 7) is 5.72. The number of hydrogen-bond donors (Lipinski definition) is 1. The van der Waals surface area contributed by atoms with E-state index in [2.05, 4.69) is 36.9 Å². The zero-order valence-electron chi connectivity index (χ0n) is 15.1. The summed E-state index contributed by atoms with van der Waals surface area (Å²) in [5.74, 6) is 0.861. The average Bonchev–Trinajstić information content (AvgIpc) is 2.66. The van der Waals surface area contributed by atoms with Crippen molar-refractivity contribution in [3.05, 3.63) is 65.2 Å². The van der Waals surface area contributed by atoms with Gasteiger partial charge in [0.15, 0.2) is 0 Å². The van der Waals surface area contributed by atoms with E-state index in [-0.39, 0.29) is 0 Å². The van der Waals surface area contributed by atoms with Crippen LogP contribution in [0.1, 0.15) is 36.6 Å². The first-order chi connectivity index (χ1) is 12.1. The number of hydrogen-bond acceptors (Lipinski definition) is 4. The van der Waals surface area contributed by atoms with E-state index in [1.165, 1.54) is 5.56 Å². The molecule has 2 atom stereocenters. The molecule has 0 aromatic heterocycles. The highest BCUT2D eigenvalue weighted by molar-refractivity contribution is 5.32. The third kappa shape index (κ3) is 5.32. The summed E-state index contributed by atoms with van der Waals surface area (Å²) in [6.07, 6.45) is 0.351. The molecule has 2 rings (SSSR count). The first-order valence-electron chi connectivity index (χ1n) is 8.62. The summed E-state index contributed by atoms with van der Waals surface area (Å²) < 4.78 is 5.20. The van der Waals surface area contributed by atoms with E-state index in [0.29, 0.717) is 18.2 Å².